The molecule has 7 heteroatoms. The van der Waals surface area contributed by atoms with E-state index in [-0.39, 0.29) is 0 Å². The first-order chi connectivity index (χ1) is 6.73. The summed E-state index contributed by atoms with van der Waals surface area (Å²) < 4.78 is 61.1. The maximum atomic E-state index is 11.9. The largest absolute Gasteiger partial charge is 0.425 e. The van der Waals surface area contributed by atoms with Crippen LogP contribution in [0.1, 0.15) is 11.1 Å². The molecule has 0 spiro atoms. The molecule has 1 aromatic carbocycles. The fourth-order valence-corrected chi connectivity index (χ4v) is 0.743. The van der Waals surface area contributed by atoms with Gasteiger partial charge >= 0.3 is 16.8 Å². The van der Waals surface area contributed by atoms with Gasteiger partial charge < -0.3 is 0 Å². The number of alkyl halides is 3. The molecule has 0 saturated heterocycles. The Morgan fingerprint density at radius 1 is 1.00 bits per heavy atom. The van der Waals surface area contributed by atoms with Gasteiger partial charge in [0.1, 0.15) is 0 Å². The molecule has 0 radical (unpaired) electrons. The Morgan fingerprint density at radius 2 is 1.33 bits per heavy atom. The van der Waals surface area contributed by atoms with E-state index in [1.165, 1.54) is 12.1 Å². The molecule has 0 amide bonds. The van der Waals surface area contributed by atoms with Crippen molar-refractivity contribution in [1.29, 1.82) is 0 Å². The van der Waals surface area contributed by atoms with Gasteiger partial charge in [-0.25, -0.2) is 0 Å². The van der Waals surface area contributed by atoms with Gasteiger partial charge in [0.25, 0.3) is 0 Å². The lowest BCUT2D eigenvalue weighted by Crippen LogP contribution is -2.03. The minimum Gasteiger partial charge on any atom is -0.166 e. The Bertz CT molecular complexity index is 398. The van der Waals surface area contributed by atoms with Crippen molar-refractivity contribution in [2.75, 3.05) is 0 Å². The van der Waals surface area contributed by atoms with Crippen molar-refractivity contribution in [3.05, 3.63) is 35.4 Å². The Hall–Kier alpha value is -1.37. The first-order valence-corrected chi connectivity index (χ1v) is 4.64. The first-order valence-electron chi connectivity index (χ1n) is 3.64. The fourth-order valence-electron chi connectivity index (χ4n) is 0.743. The highest BCUT2D eigenvalue weighted by atomic mass is 32.2. The first kappa shape index (κ1) is 13.6. The van der Waals surface area contributed by atoms with E-state index in [2.05, 4.69) is 0 Å². The van der Waals surface area contributed by atoms with Crippen molar-refractivity contribution in [3.63, 3.8) is 0 Å². The zero-order chi connectivity index (χ0) is 12.1. The van der Waals surface area contributed by atoms with Crippen molar-refractivity contribution < 1.29 is 25.8 Å². The number of aryl methyl sites for hydroxylation is 1. The van der Waals surface area contributed by atoms with Crippen LogP contribution in [-0.4, -0.2) is 12.6 Å². The van der Waals surface area contributed by atoms with E-state index in [0.29, 0.717) is 0 Å². The van der Waals surface area contributed by atoms with Gasteiger partial charge in [-0.3, -0.25) is 0 Å². The van der Waals surface area contributed by atoms with Crippen molar-refractivity contribution >= 4 is 10.6 Å². The molecule has 0 N–H and O–H groups in total. The molecule has 0 aliphatic rings. The molecule has 0 saturated carbocycles. The summed E-state index contributed by atoms with van der Waals surface area (Å²) in [5, 5.41) is 0. The lowest BCUT2D eigenvalue weighted by molar-refractivity contribution is -0.137. The van der Waals surface area contributed by atoms with Crippen LogP contribution in [0, 0.1) is 6.92 Å². The van der Waals surface area contributed by atoms with E-state index in [1.54, 1.807) is 6.92 Å². The van der Waals surface area contributed by atoms with Crippen LogP contribution in [0.3, 0.4) is 0 Å². The second-order valence-corrected chi connectivity index (χ2v) is 2.98. The zero-order valence-electron chi connectivity index (χ0n) is 7.58. The zero-order valence-corrected chi connectivity index (χ0v) is 8.39. The number of hydrogen-bond donors (Lipinski definition) is 0. The van der Waals surface area contributed by atoms with E-state index in [1.807, 2.05) is 0 Å². The lowest BCUT2D eigenvalue weighted by Gasteiger charge is -2.05. The average Bonchev–Trinajstić information content (AvgIpc) is 2.01. The van der Waals surface area contributed by atoms with Gasteiger partial charge in [0.05, 0.1) is 5.56 Å². The van der Waals surface area contributed by atoms with Crippen LogP contribution in [0.25, 0.3) is 0 Å². The molecule has 0 heterocycles. The van der Waals surface area contributed by atoms with E-state index in [4.69, 9.17) is 12.6 Å². The Morgan fingerprint density at radius 3 is 1.60 bits per heavy atom. The van der Waals surface area contributed by atoms with Gasteiger partial charge in [-0.05, 0) is 19.1 Å². The van der Waals surface area contributed by atoms with Gasteiger partial charge in [-0.2, -0.15) is 13.2 Å². The van der Waals surface area contributed by atoms with Gasteiger partial charge in [0.2, 0.25) is 0 Å². The van der Waals surface area contributed by atoms with Crippen LogP contribution in [-0.2, 0) is 16.8 Å². The second-order valence-electron chi connectivity index (χ2n) is 2.57. The molecule has 15 heavy (non-hydrogen) atoms. The Balaban J connectivity index is 0.000000423. The Labute approximate surface area is 85.6 Å². The summed E-state index contributed by atoms with van der Waals surface area (Å²) in [5.74, 6) is 0. The quantitative estimate of drug-likeness (QED) is 0.697. The van der Waals surface area contributed by atoms with Gasteiger partial charge in [-0.1, -0.05) is 17.7 Å². The fraction of sp³-hybridized carbons (Fsp3) is 0.250. The lowest BCUT2D eigenvalue weighted by atomic mass is 10.1. The van der Waals surface area contributed by atoms with Gasteiger partial charge in [-0.15, -0.1) is 12.6 Å². The molecule has 0 aliphatic heterocycles. The molecule has 0 fully saturated rings. The summed E-state index contributed by atoms with van der Waals surface area (Å²) in [7, 11) is -3.11. The molecule has 0 aliphatic carbocycles. The van der Waals surface area contributed by atoms with E-state index in [9.17, 15) is 13.2 Å². The van der Waals surface area contributed by atoms with Crippen molar-refractivity contribution in [3.8, 4) is 0 Å². The van der Waals surface area contributed by atoms with Gasteiger partial charge in [0, 0.05) is 0 Å². The van der Waals surface area contributed by atoms with E-state index < -0.39 is 22.3 Å². The molecule has 0 unspecified atom stereocenters. The van der Waals surface area contributed by atoms with Crippen molar-refractivity contribution in [2.45, 2.75) is 13.1 Å². The minimum atomic E-state index is -4.21. The van der Waals surface area contributed by atoms with Crippen LogP contribution in [0.2, 0.25) is 0 Å². The second kappa shape index (κ2) is 5.50. The van der Waals surface area contributed by atoms with E-state index >= 15 is 0 Å². The third-order valence-electron chi connectivity index (χ3n) is 1.38. The van der Waals surface area contributed by atoms with Crippen LogP contribution in [0.4, 0.5) is 13.2 Å². The average molecular weight is 240 g/mol. The highest BCUT2D eigenvalue weighted by Gasteiger charge is 2.29. The molecule has 1 aromatic rings. The monoisotopic (exact) mass is 240 g/mol. The maximum absolute atomic E-state index is 11.9. The molecular weight excluding hydrogens is 233 g/mol. The van der Waals surface area contributed by atoms with Crippen molar-refractivity contribution in [1.82, 2.24) is 0 Å². The Kier molecular flexibility index (Phi) is 4.99. The van der Waals surface area contributed by atoms with Gasteiger partial charge in [0.15, 0.2) is 0 Å². The predicted molar refractivity (Wildman–Crippen MR) is 45.9 cm³/mol. The highest BCUT2D eigenvalue weighted by Crippen LogP contribution is 2.28. The summed E-state index contributed by atoms with van der Waals surface area (Å²) in [6.07, 6.45) is -4.21. The minimum absolute atomic E-state index is 0.594. The number of benzene rings is 1. The third kappa shape index (κ3) is 6.67. The van der Waals surface area contributed by atoms with Crippen LogP contribution in [0.5, 0.6) is 0 Å². The molecule has 0 bridgehead atoms. The smallest absolute Gasteiger partial charge is 0.166 e. The molecule has 0 atom stereocenters. The summed E-state index contributed by atoms with van der Waals surface area (Å²) >= 11 is 0. The van der Waals surface area contributed by atoms with Crippen LogP contribution >= 0.6 is 0 Å². The topological polar surface area (TPSA) is 51.2 Å². The van der Waals surface area contributed by atoms with Crippen molar-refractivity contribution in [2.24, 2.45) is 0 Å². The molecule has 84 valence electrons. The van der Waals surface area contributed by atoms with Crippen LogP contribution < -0.4 is 0 Å². The number of halogens is 3. The normalized spacial score (nSPS) is 10.1. The number of rotatable bonds is 0. The third-order valence-corrected chi connectivity index (χ3v) is 1.38. The standard InChI is InChI=1S/C8H7F3.O3S/c1-6-2-4-7(5-3-6)8(9,10)11;1-4(2)3/h2-5H,1H3;. The molecule has 1 rings (SSSR count). The summed E-state index contributed by atoms with van der Waals surface area (Å²) in [5.41, 5.74) is 0.237. The predicted octanol–water partition coefficient (Wildman–Crippen LogP) is 2.01. The highest BCUT2D eigenvalue weighted by molar-refractivity contribution is 7.59. The van der Waals surface area contributed by atoms with E-state index in [0.717, 1.165) is 17.7 Å². The molecule has 3 nitrogen and oxygen atoms in total. The molecule has 0 aromatic heterocycles. The van der Waals surface area contributed by atoms with Crippen LogP contribution in [0.15, 0.2) is 24.3 Å². The SMILES string of the molecule is Cc1ccc(C(F)(F)F)cc1.O=S(=O)=O. The summed E-state index contributed by atoms with van der Waals surface area (Å²) in [4.78, 5) is 0. The number of hydrogen-bond acceptors (Lipinski definition) is 3. The summed E-state index contributed by atoms with van der Waals surface area (Å²) in [6, 6.07) is 5.05. The maximum Gasteiger partial charge on any atom is 0.425 e. The summed E-state index contributed by atoms with van der Waals surface area (Å²) in [6.45, 7) is 1.75. The molecular formula is C8H7F3O3S.